The van der Waals surface area contributed by atoms with Gasteiger partial charge in [-0.05, 0) is 12.1 Å². The van der Waals surface area contributed by atoms with Gasteiger partial charge in [0.05, 0.1) is 10.6 Å². The highest BCUT2D eigenvalue weighted by atomic mass is 35.5. The molecule has 0 atom stereocenters. The fourth-order valence-corrected chi connectivity index (χ4v) is 1.48. The largest absolute Gasteiger partial charge is 0.401 e. The number of rotatable bonds is 2. The molecular weight excluding hydrogens is 283 g/mol. The zero-order valence-electron chi connectivity index (χ0n) is 8.59. The zero-order chi connectivity index (χ0) is 13.3. The van der Waals surface area contributed by atoms with Crippen LogP contribution >= 0.6 is 23.2 Å². The third-order valence-corrected chi connectivity index (χ3v) is 2.83. The normalized spacial score (nSPS) is 17.2. The van der Waals surface area contributed by atoms with Crippen LogP contribution in [0.5, 0.6) is 0 Å². The summed E-state index contributed by atoms with van der Waals surface area (Å²) in [7, 11) is 0. The summed E-state index contributed by atoms with van der Waals surface area (Å²) in [6.07, 6.45) is 0. The number of esters is 1. The summed E-state index contributed by atoms with van der Waals surface area (Å²) in [6.45, 7) is 0. The van der Waals surface area contributed by atoms with Crippen molar-refractivity contribution in [2.45, 2.75) is 0 Å². The number of hydrogen-bond donors (Lipinski definition) is 0. The van der Waals surface area contributed by atoms with Crippen molar-refractivity contribution in [3.8, 4) is 0 Å². The monoisotopic (exact) mass is 286 g/mol. The number of ether oxygens (including phenoxy) is 1. The number of halogens is 2. The molecule has 8 heteroatoms. The Morgan fingerprint density at radius 3 is 2.22 bits per heavy atom. The first kappa shape index (κ1) is 12.5. The quantitative estimate of drug-likeness (QED) is 0.475. The highest BCUT2D eigenvalue weighted by Gasteiger charge is 2.28. The zero-order valence-corrected chi connectivity index (χ0v) is 10.1. The van der Waals surface area contributed by atoms with E-state index >= 15 is 0 Å². The van der Waals surface area contributed by atoms with E-state index in [-0.39, 0.29) is 21.6 Å². The van der Waals surface area contributed by atoms with Crippen molar-refractivity contribution in [3.63, 3.8) is 0 Å². The predicted molar refractivity (Wildman–Crippen MR) is 65.0 cm³/mol. The first-order chi connectivity index (χ1) is 8.49. The summed E-state index contributed by atoms with van der Waals surface area (Å²) >= 11 is 11.3. The standard InChI is InChI=1S/C10H4Cl2N2O4/c11-7-8(12)10(15)18-9(7)13-5-1-3-6(4-2-5)14(16)17/h1-4H. The molecule has 92 valence electrons. The molecule has 1 aromatic carbocycles. The SMILES string of the molecule is O=C1OC(=Nc2ccc([N+](=O)[O-])cc2)C(Cl)=C1Cl. The maximum Gasteiger partial charge on any atom is 0.358 e. The van der Waals surface area contributed by atoms with Crippen LogP contribution in [0.1, 0.15) is 0 Å². The summed E-state index contributed by atoms with van der Waals surface area (Å²) < 4.78 is 4.71. The summed E-state index contributed by atoms with van der Waals surface area (Å²) in [6, 6.07) is 5.34. The number of nitro benzene ring substituents is 1. The molecule has 0 aromatic heterocycles. The molecule has 0 radical (unpaired) electrons. The van der Waals surface area contributed by atoms with Gasteiger partial charge >= 0.3 is 5.97 Å². The second-order valence-electron chi connectivity index (χ2n) is 3.21. The Hall–Kier alpha value is -1.92. The van der Waals surface area contributed by atoms with E-state index in [0.717, 1.165) is 0 Å². The first-order valence-electron chi connectivity index (χ1n) is 4.60. The highest BCUT2D eigenvalue weighted by molar-refractivity contribution is 6.56. The number of carbonyl (C=O) groups is 1. The molecule has 1 aromatic rings. The van der Waals surface area contributed by atoms with Gasteiger partial charge in [-0.15, -0.1) is 0 Å². The minimum atomic E-state index is -0.776. The van der Waals surface area contributed by atoms with Crippen LogP contribution in [0.3, 0.4) is 0 Å². The Morgan fingerprint density at radius 1 is 1.17 bits per heavy atom. The van der Waals surface area contributed by atoms with Crippen LogP contribution < -0.4 is 0 Å². The fourth-order valence-electron chi connectivity index (χ4n) is 1.20. The van der Waals surface area contributed by atoms with Crippen molar-refractivity contribution in [1.82, 2.24) is 0 Å². The molecule has 0 unspecified atom stereocenters. The van der Waals surface area contributed by atoms with E-state index < -0.39 is 10.9 Å². The third-order valence-electron chi connectivity index (χ3n) is 2.04. The van der Waals surface area contributed by atoms with Crippen LogP contribution in [0.4, 0.5) is 11.4 Å². The Bertz CT molecular complexity index is 592. The van der Waals surface area contributed by atoms with E-state index in [9.17, 15) is 14.9 Å². The van der Waals surface area contributed by atoms with E-state index in [1.54, 1.807) is 0 Å². The van der Waals surface area contributed by atoms with Crippen molar-refractivity contribution in [2.75, 3.05) is 0 Å². The van der Waals surface area contributed by atoms with Crippen LogP contribution in [0, 0.1) is 10.1 Å². The van der Waals surface area contributed by atoms with Crippen molar-refractivity contribution in [3.05, 3.63) is 44.4 Å². The molecule has 0 N–H and O–H groups in total. The summed E-state index contributed by atoms with van der Waals surface area (Å²) in [5.41, 5.74) is 0.287. The topological polar surface area (TPSA) is 81.8 Å². The number of aliphatic imine (C=N–C) groups is 1. The van der Waals surface area contributed by atoms with E-state index in [1.165, 1.54) is 24.3 Å². The number of cyclic esters (lactones) is 1. The second kappa shape index (κ2) is 4.75. The Morgan fingerprint density at radius 2 is 1.78 bits per heavy atom. The van der Waals surface area contributed by atoms with Crippen LogP contribution in [0.15, 0.2) is 39.3 Å². The van der Waals surface area contributed by atoms with Gasteiger partial charge in [0.25, 0.3) is 5.69 Å². The summed E-state index contributed by atoms with van der Waals surface area (Å²) in [5, 5.41) is 10.1. The van der Waals surface area contributed by atoms with Crippen molar-refractivity contribution < 1.29 is 14.5 Å². The molecule has 0 saturated heterocycles. The number of nitrogens with zero attached hydrogens (tertiary/aromatic N) is 2. The Balaban J connectivity index is 2.30. The molecule has 0 amide bonds. The lowest BCUT2D eigenvalue weighted by Gasteiger charge is -1.97. The average molecular weight is 287 g/mol. The van der Waals surface area contributed by atoms with Crippen molar-refractivity contribution in [1.29, 1.82) is 0 Å². The van der Waals surface area contributed by atoms with Gasteiger partial charge < -0.3 is 4.74 Å². The van der Waals surface area contributed by atoms with Gasteiger partial charge in [-0.25, -0.2) is 9.79 Å². The Labute approximate surface area is 111 Å². The maximum absolute atomic E-state index is 11.1. The smallest absolute Gasteiger partial charge is 0.358 e. The molecule has 6 nitrogen and oxygen atoms in total. The van der Waals surface area contributed by atoms with Gasteiger partial charge in [-0.2, -0.15) is 0 Å². The average Bonchev–Trinajstić information content (AvgIpc) is 2.58. The summed E-state index contributed by atoms with van der Waals surface area (Å²) in [4.78, 5) is 24.9. The number of carbonyl (C=O) groups excluding carboxylic acids is 1. The van der Waals surface area contributed by atoms with Gasteiger partial charge in [0, 0.05) is 12.1 Å². The molecule has 1 heterocycles. The van der Waals surface area contributed by atoms with E-state index in [4.69, 9.17) is 27.9 Å². The Kier molecular flexibility index (Phi) is 3.31. The van der Waals surface area contributed by atoms with Crippen molar-refractivity contribution in [2.24, 2.45) is 4.99 Å². The fraction of sp³-hybridized carbons (Fsp3) is 0. The first-order valence-corrected chi connectivity index (χ1v) is 5.35. The van der Waals surface area contributed by atoms with Crippen LogP contribution in [0.25, 0.3) is 0 Å². The van der Waals surface area contributed by atoms with Crippen LogP contribution in [-0.4, -0.2) is 16.8 Å². The van der Waals surface area contributed by atoms with E-state index in [0.29, 0.717) is 5.69 Å². The second-order valence-corrected chi connectivity index (χ2v) is 3.96. The van der Waals surface area contributed by atoms with Gasteiger partial charge in [0.15, 0.2) is 5.03 Å². The number of nitro groups is 1. The van der Waals surface area contributed by atoms with Gasteiger partial charge in [-0.3, -0.25) is 10.1 Å². The molecule has 0 spiro atoms. The number of benzene rings is 1. The molecule has 18 heavy (non-hydrogen) atoms. The molecule has 0 fully saturated rings. The lowest BCUT2D eigenvalue weighted by Crippen LogP contribution is -2.00. The molecule has 1 aliphatic heterocycles. The van der Waals surface area contributed by atoms with Crippen LogP contribution in [-0.2, 0) is 9.53 Å². The molecule has 0 saturated carbocycles. The van der Waals surface area contributed by atoms with Gasteiger partial charge in [0.1, 0.15) is 5.03 Å². The third kappa shape index (κ3) is 2.34. The lowest BCUT2D eigenvalue weighted by molar-refractivity contribution is -0.384. The van der Waals surface area contributed by atoms with Crippen LogP contribution in [0.2, 0.25) is 0 Å². The minimum Gasteiger partial charge on any atom is -0.401 e. The van der Waals surface area contributed by atoms with E-state index in [2.05, 4.69) is 4.99 Å². The van der Waals surface area contributed by atoms with Crippen molar-refractivity contribution >= 4 is 46.4 Å². The minimum absolute atomic E-state index is 0.0676. The highest BCUT2D eigenvalue weighted by Crippen LogP contribution is 2.27. The molecule has 0 bridgehead atoms. The number of non-ortho nitro benzene ring substituents is 1. The number of hydrogen-bond acceptors (Lipinski definition) is 5. The van der Waals surface area contributed by atoms with E-state index in [1.807, 2.05) is 0 Å². The molecule has 2 rings (SSSR count). The predicted octanol–water partition coefficient (Wildman–Crippen LogP) is 2.87. The molecule has 1 aliphatic rings. The van der Waals surface area contributed by atoms with Gasteiger partial charge in [-0.1, -0.05) is 23.2 Å². The van der Waals surface area contributed by atoms with Gasteiger partial charge in [0.2, 0.25) is 5.90 Å². The summed E-state index contributed by atoms with van der Waals surface area (Å²) in [5.74, 6) is -0.900. The molecular formula is C10H4Cl2N2O4. The maximum atomic E-state index is 11.1. The lowest BCUT2D eigenvalue weighted by atomic mass is 10.3. The molecule has 0 aliphatic carbocycles.